The van der Waals surface area contributed by atoms with Gasteiger partial charge in [0.05, 0.1) is 5.69 Å². The highest BCUT2D eigenvalue weighted by atomic mass is 32.1. The van der Waals surface area contributed by atoms with Gasteiger partial charge in [-0.05, 0) is 30.8 Å². The van der Waals surface area contributed by atoms with E-state index in [9.17, 15) is 9.59 Å². The highest BCUT2D eigenvalue weighted by molar-refractivity contribution is 7.09. The molecule has 0 aliphatic heterocycles. The lowest BCUT2D eigenvalue weighted by Gasteiger charge is -2.22. The number of rotatable bonds is 5. The summed E-state index contributed by atoms with van der Waals surface area (Å²) in [5.74, 6) is -0.534. The van der Waals surface area contributed by atoms with E-state index in [4.69, 9.17) is 5.73 Å². The molecule has 0 atom stereocenters. The monoisotopic (exact) mass is 310 g/mol. The average Bonchev–Trinajstić information content (AvgIpc) is 2.87. The molecule has 1 aliphatic rings. The van der Waals surface area contributed by atoms with Crippen molar-refractivity contribution in [1.82, 2.24) is 15.0 Å². The average molecular weight is 310 g/mol. The number of anilines is 1. The first-order valence-electron chi connectivity index (χ1n) is 7.47. The normalized spacial score (nSPS) is 15.7. The van der Waals surface area contributed by atoms with Crippen LogP contribution in [0, 0.1) is 0 Å². The third-order valence-corrected chi connectivity index (χ3v) is 4.49. The highest BCUT2D eigenvalue weighted by Crippen LogP contribution is 2.23. The fraction of sp³-hybridized carbons (Fsp3) is 0.643. The number of hydrogen-bond donors (Lipinski definition) is 3. The Bertz CT molecular complexity index is 509. The Morgan fingerprint density at radius 3 is 2.67 bits per heavy atom. The predicted octanol–water partition coefficient (Wildman–Crippen LogP) is 1.93. The van der Waals surface area contributed by atoms with Crippen molar-refractivity contribution < 1.29 is 9.59 Å². The van der Waals surface area contributed by atoms with Crippen LogP contribution in [0.2, 0.25) is 0 Å². The molecule has 0 unspecified atom stereocenters. The number of hydrogen-bond acceptors (Lipinski definition) is 5. The fourth-order valence-electron chi connectivity index (χ4n) is 2.44. The minimum atomic E-state index is -0.317. The van der Waals surface area contributed by atoms with Crippen LogP contribution in [-0.4, -0.2) is 28.8 Å². The van der Waals surface area contributed by atoms with Crippen molar-refractivity contribution in [2.24, 2.45) is 0 Å². The largest absolute Gasteiger partial charge is 0.395 e. The molecule has 0 aromatic carbocycles. The van der Waals surface area contributed by atoms with Gasteiger partial charge in [0.2, 0.25) is 0 Å². The third kappa shape index (κ3) is 3.93. The van der Waals surface area contributed by atoms with Crippen molar-refractivity contribution in [3.8, 4) is 0 Å². The molecule has 1 aromatic heterocycles. The maximum Gasteiger partial charge on any atom is 0.273 e. The van der Waals surface area contributed by atoms with Gasteiger partial charge in [-0.1, -0.05) is 26.2 Å². The van der Waals surface area contributed by atoms with Gasteiger partial charge in [-0.2, -0.15) is 4.37 Å². The topological polar surface area (TPSA) is 97.1 Å². The summed E-state index contributed by atoms with van der Waals surface area (Å²) in [6.07, 6.45) is 6.38. The quantitative estimate of drug-likeness (QED) is 0.774. The van der Waals surface area contributed by atoms with Crippen LogP contribution in [-0.2, 0) is 0 Å². The maximum absolute atomic E-state index is 12.2. The number of amides is 2. The van der Waals surface area contributed by atoms with Gasteiger partial charge < -0.3 is 16.4 Å². The van der Waals surface area contributed by atoms with Crippen molar-refractivity contribution in [3.63, 3.8) is 0 Å². The van der Waals surface area contributed by atoms with Crippen molar-refractivity contribution in [2.45, 2.75) is 51.5 Å². The first kappa shape index (κ1) is 15.8. The fourth-order valence-corrected chi connectivity index (χ4v) is 3.15. The van der Waals surface area contributed by atoms with Crippen molar-refractivity contribution in [2.75, 3.05) is 12.3 Å². The van der Waals surface area contributed by atoms with Crippen LogP contribution in [0.15, 0.2) is 0 Å². The number of aromatic nitrogens is 1. The van der Waals surface area contributed by atoms with Crippen LogP contribution >= 0.6 is 11.5 Å². The number of nitrogens with zero attached hydrogens (tertiary/aromatic N) is 1. The highest BCUT2D eigenvalue weighted by Gasteiger charge is 2.24. The molecular formula is C14H22N4O2S. The molecule has 1 saturated carbocycles. The van der Waals surface area contributed by atoms with E-state index in [-0.39, 0.29) is 29.2 Å². The molecule has 6 nitrogen and oxygen atoms in total. The van der Waals surface area contributed by atoms with Gasteiger partial charge in [0, 0.05) is 12.6 Å². The molecule has 116 valence electrons. The summed E-state index contributed by atoms with van der Waals surface area (Å²) in [5.41, 5.74) is 6.25. The zero-order valence-corrected chi connectivity index (χ0v) is 13.1. The van der Waals surface area contributed by atoms with E-state index in [0.717, 1.165) is 43.6 Å². The second-order valence-corrected chi connectivity index (χ2v) is 6.11. The number of nitrogen functional groups attached to an aromatic ring is 1. The zero-order chi connectivity index (χ0) is 15.2. The summed E-state index contributed by atoms with van der Waals surface area (Å²) in [6.45, 7) is 2.53. The molecule has 4 N–H and O–H groups in total. The Kier molecular flexibility index (Phi) is 5.55. The van der Waals surface area contributed by atoms with E-state index >= 15 is 0 Å². The molecule has 0 spiro atoms. The van der Waals surface area contributed by atoms with Gasteiger partial charge in [0.25, 0.3) is 11.8 Å². The standard InChI is InChI=1S/C14H22N4O2S/c1-2-8-16-13(19)11-10(15)12(21-18-11)14(20)17-9-6-4-3-5-7-9/h9H,2-8,15H2,1H3,(H,16,19)(H,17,20). The van der Waals surface area contributed by atoms with E-state index in [1.54, 1.807) is 0 Å². The molecular weight excluding hydrogens is 288 g/mol. The van der Waals surface area contributed by atoms with Gasteiger partial charge in [-0.25, -0.2) is 0 Å². The number of carbonyl (C=O) groups excluding carboxylic acids is 2. The molecule has 0 bridgehead atoms. The van der Waals surface area contributed by atoms with E-state index in [1.165, 1.54) is 6.42 Å². The minimum absolute atomic E-state index is 0.155. The van der Waals surface area contributed by atoms with Crippen LogP contribution < -0.4 is 16.4 Å². The minimum Gasteiger partial charge on any atom is -0.395 e. The van der Waals surface area contributed by atoms with E-state index in [2.05, 4.69) is 15.0 Å². The van der Waals surface area contributed by atoms with Crippen molar-refractivity contribution in [1.29, 1.82) is 0 Å². The molecule has 2 amide bonds. The summed E-state index contributed by atoms with van der Waals surface area (Å²) in [4.78, 5) is 24.4. The molecule has 7 heteroatoms. The van der Waals surface area contributed by atoms with Gasteiger partial charge in [-0.15, -0.1) is 0 Å². The van der Waals surface area contributed by atoms with Crippen LogP contribution in [0.5, 0.6) is 0 Å². The summed E-state index contributed by atoms with van der Waals surface area (Å²) in [7, 11) is 0. The predicted molar refractivity (Wildman–Crippen MR) is 83.5 cm³/mol. The Balaban J connectivity index is 2.01. The van der Waals surface area contributed by atoms with Crippen LogP contribution in [0.25, 0.3) is 0 Å². The van der Waals surface area contributed by atoms with Gasteiger partial charge in [-0.3, -0.25) is 9.59 Å². The van der Waals surface area contributed by atoms with E-state index in [1.807, 2.05) is 6.92 Å². The van der Waals surface area contributed by atoms with Crippen LogP contribution in [0.3, 0.4) is 0 Å². The first-order chi connectivity index (χ1) is 10.1. The summed E-state index contributed by atoms with van der Waals surface area (Å²) in [5, 5.41) is 5.71. The maximum atomic E-state index is 12.2. The molecule has 0 saturated heterocycles. The molecule has 2 rings (SSSR count). The summed E-state index contributed by atoms with van der Waals surface area (Å²) >= 11 is 0.987. The second kappa shape index (κ2) is 7.40. The van der Waals surface area contributed by atoms with Gasteiger partial charge in [0.15, 0.2) is 5.69 Å². The van der Waals surface area contributed by atoms with Crippen LogP contribution in [0.4, 0.5) is 5.69 Å². The van der Waals surface area contributed by atoms with Crippen molar-refractivity contribution in [3.05, 3.63) is 10.6 Å². The summed E-state index contributed by atoms with van der Waals surface area (Å²) in [6, 6.07) is 0.213. The van der Waals surface area contributed by atoms with E-state index < -0.39 is 0 Å². The lowest BCUT2D eigenvalue weighted by Crippen LogP contribution is -2.36. The second-order valence-electron chi connectivity index (χ2n) is 5.34. The zero-order valence-electron chi connectivity index (χ0n) is 12.3. The molecule has 0 radical (unpaired) electrons. The molecule has 1 aromatic rings. The third-order valence-electron chi connectivity index (χ3n) is 3.63. The Morgan fingerprint density at radius 1 is 1.29 bits per heavy atom. The molecule has 1 fully saturated rings. The Morgan fingerprint density at radius 2 is 2.00 bits per heavy atom. The van der Waals surface area contributed by atoms with E-state index in [0.29, 0.717) is 11.4 Å². The molecule has 21 heavy (non-hydrogen) atoms. The van der Waals surface area contributed by atoms with Gasteiger partial charge in [0.1, 0.15) is 4.88 Å². The Hall–Kier alpha value is -1.63. The number of nitrogens with two attached hydrogens (primary N) is 1. The number of carbonyl (C=O) groups is 2. The molecule has 1 heterocycles. The van der Waals surface area contributed by atoms with Crippen molar-refractivity contribution >= 4 is 29.0 Å². The van der Waals surface area contributed by atoms with Gasteiger partial charge >= 0.3 is 0 Å². The molecule has 1 aliphatic carbocycles. The van der Waals surface area contributed by atoms with Crippen LogP contribution in [0.1, 0.15) is 65.6 Å². The SMILES string of the molecule is CCCNC(=O)c1nsc(C(=O)NC2CCCCC2)c1N. The Labute approximate surface area is 128 Å². The first-order valence-corrected chi connectivity index (χ1v) is 8.25. The lowest BCUT2D eigenvalue weighted by molar-refractivity contribution is 0.0932. The lowest BCUT2D eigenvalue weighted by atomic mass is 9.95. The number of nitrogens with one attached hydrogen (secondary N) is 2. The smallest absolute Gasteiger partial charge is 0.273 e. The summed E-state index contributed by atoms with van der Waals surface area (Å²) < 4.78 is 4.03.